The molecule has 0 bridgehead atoms. The third kappa shape index (κ3) is 4.53. The first-order valence-electron chi connectivity index (χ1n) is 9.84. The largest absolute Gasteiger partial charge is 0.356 e. The van der Waals surface area contributed by atoms with Gasteiger partial charge < -0.3 is 15.1 Å². The first kappa shape index (κ1) is 20.8. The Morgan fingerprint density at radius 3 is 2.77 bits per heavy atom. The molecular formula is C19H23N9O2S. The lowest BCUT2D eigenvalue weighted by atomic mass is 9.97. The molecule has 1 fully saturated rings. The molecule has 3 aromatic heterocycles. The van der Waals surface area contributed by atoms with Crippen molar-refractivity contribution in [3.8, 4) is 5.82 Å². The molecule has 1 saturated heterocycles. The standard InChI is InChI=1S/C19H23N9O2S/c1-12-16(18(30)26(2)3)31-19(24-12)25-17(29)13-5-4-6-27(8-13)14-7-15(22-10-21-14)28-11-20-9-23-28/h7,9-11,13H,4-6,8H2,1-3H3,(H,24,25,29). The molecule has 0 aromatic carbocycles. The molecule has 31 heavy (non-hydrogen) atoms. The quantitative estimate of drug-likeness (QED) is 0.630. The normalized spacial score (nSPS) is 16.2. The lowest BCUT2D eigenvalue weighted by molar-refractivity contribution is -0.120. The van der Waals surface area contributed by atoms with Crippen LogP contribution in [0.4, 0.5) is 10.9 Å². The van der Waals surface area contributed by atoms with Crippen molar-refractivity contribution in [3.05, 3.63) is 35.6 Å². The van der Waals surface area contributed by atoms with Crippen molar-refractivity contribution in [1.82, 2.24) is 34.6 Å². The van der Waals surface area contributed by atoms with Crippen LogP contribution in [-0.4, -0.2) is 73.6 Å². The number of carbonyl (C=O) groups is 2. The predicted molar refractivity (Wildman–Crippen MR) is 115 cm³/mol. The fourth-order valence-electron chi connectivity index (χ4n) is 3.42. The van der Waals surface area contributed by atoms with E-state index in [1.807, 2.05) is 6.07 Å². The monoisotopic (exact) mass is 441 g/mol. The summed E-state index contributed by atoms with van der Waals surface area (Å²) in [6.07, 6.45) is 6.14. The number of nitrogens with one attached hydrogen (secondary N) is 1. The minimum Gasteiger partial charge on any atom is -0.356 e. The summed E-state index contributed by atoms with van der Waals surface area (Å²) in [6.45, 7) is 3.11. The number of aromatic nitrogens is 6. The SMILES string of the molecule is Cc1nc(NC(=O)C2CCCN(c3cc(-n4cncn4)ncn3)C2)sc1C(=O)N(C)C. The molecule has 3 aromatic rings. The van der Waals surface area contributed by atoms with Gasteiger partial charge in [0.1, 0.15) is 29.7 Å². The van der Waals surface area contributed by atoms with Gasteiger partial charge in [0.25, 0.3) is 5.91 Å². The van der Waals surface area contributed by atoms with Crippen LogP contribution in [0.15, 0.2) is 25.0 Å². The van der Waals surface area contributed by atoms with Crippen molar-refractivity contribution in [1.29, 1.82) is 0 Å². The predicted octanol–water partition coefficient (Wildman–Crippen LogP) is 1.38. The molecule has 0 radical (unpaired) electrons. The second-order valence-corrected chi connectivity index (χ2v) is 8.48. The number of piperidine rings is 1. The zero-order valence-electron chi connectivity index (χ0n) is 17.5. The van der Waals surface area contributed by atoms with Gasteiger partial charge in [-0.25, -0.2) is 24.6 Å². The van der Waals surface area contributed by atoms with Crippen LogP contribution in [0, 0.1) is 12.8 Å². The molecule has 1 N–H and O–H groups in total. The molecule has 0 aliphatic carbocycles. The van der Waals surface area contributed by atoms with Gasteiger partial charge in [-0.3, -0.25) is 9.59 Å². The van der Waals surface area contributed by atoms with E-state index in [2.05, 4.69) is 35.3 Å². The Labute approximate surface area is 183 Å². The average Bonchev–Trinajstić information content (AvgIpc) is 3.43. The van der Waals surface area contributed by atoms with Gasteiger partial charge >= 0.3 is 0 Å². The first-order valence-corrected chi connectivity index (χ1v) is 10.7. The Kier molecular flexibility index (Phi) is 5.89. The topological polar surface area (TPSA) is 122 Å². The summed E-state index contributed by atoms with van der Waals surface area (Å²) in [5.74, 6) is 0.919. The van der Waals surface area contributed by atoms with E-state index in [0.717, 1.165) is 25.2 Å². The van der Waals surface area contributed by atoms with E-state index in [0.29, 0.717) is 28.1 Å². The van der Waals surface area contributed by atoms with Gasteiger partial charge in [0.2, 0.25) is 5.91 Å². The Balaban J connectivity index is 1.44. The highest BCUT2D eigenvalue weighted by atomic mass is 32.1. The third-order valence-electron chi connectivity index (χ3n) is 5.04. The highest BCUT2D eigenvalue weighted by molar-refractivity contribution is 7.17. The fourth-order valence-corrected chi connectivity index (χ4v) is 4.41. The third-order valence-corrected chi connectivity index (χ3v) is 6.10. The number of rotatable bonds is 5. The molecule has 0 spiro atoms. The summed E-state index contributed by atoms with van der Waals surface area (Å²) < 4.78 is 1.57. The maximum Gasteiger partial charge on any atom is 0.265 e. The van der Waals surface area contributed by atoms with Crippen molar-refractivity contribution in [2.75, 3.05) is 37.4 Å². The number of amides is 2. The molecule has 2 amide bonds. The van der Waals surface area contributed by atoms with Gasteiger partial charge in [0, 0.05) is 33.3 Å². The van der Waals surface area contributed by atoms with E-state index in [4.69, 9.17) is 0 Å². The summed E-state index contributed by atoms with van der Waals surface area (Å²) >= 11 is 1.20. The van der Waals surface area contributed by atoms with Crippen molar-refractivity contribution in [3.63, 3.8) is 0 Å². The van der Waals surface area contributed by atoms with E-state index >= 15 is 0 Å². The Bertz CT molecular complexity index is 1080. The maximum absolute atomic E-state index is 12.9. The zero-order valence-corrected chi connectivity index (χ0v) is 18.3. The maximum atomic E-state index is 12.9. The first-order chi connectivity index (χ1) is 14.9. The van der Waals surface area contributed by atoms with Crippen molar-refractivity contribution in [2.45, 2.75) is 19.8 Å². The fraction of sp³-hybridized carbons (Fsp3) is 0.421. The summed E-state index contributed by atoms with van der Waals surface area (Å²) in [5.41, 5.74) is 0.617. The van der Waals surface area contributed by atoms with Crippen LogP contribution in [0.1, 0.15) is 28.2 Å². The number of anilines is 2. The Morgan fingerprint density at radius 1 is 1.23 bits per heavy atom. The van der Waals surface area contributed by atoms with E-state index in [1.54, 1.807) is 32.0 Å². The molecule has 12 heteroatoms. The molecular weight excluding hydrogens is 418 g/mol. The number of thiazole rings is 1. The molecule has 11 nitrogen and oxygen atoms in total. The average molecular weight is 442 g/mol. The summed E-state index contributed by atoms with van der Waals surface area (Å²) in [4.78, 5) is 46.1. The number of hydrogen-bond acceptors (Lipinski definition) is 9. The van der Waals surface area contributed by atoms with Gasteiger partial charge in [0.15, 0.2) is 10.9 Å². The highest BCUT2D eigenvalue weighted by Gasteiger charge is 2.28. The molecule has 4 heterocycles. The van der Waals surface area contributed by atoms with Crippen LogP contribution < -0.4 is 10.2 Å². The lowest BCUT2D eigenvalue weighted by Gasteiger charge is -2.32. The Hall–Kier alpha value is -3.41. The van der Waals surface area contributed by atoms with Crippen LogP contribution in [-0.2, 0) is 4.79 Å². The van der Waals surface area contributed by atoms with Gasteiger partial charge in [-0.15, -0.1) is 0 Å². The van der Waals surface area contributed by atoms with Crippen LogP contribution in [0.25, 0.3) is 5.82 Å². The molecule has 1 aliphatic rings. The van der Waals surface area contributed by atoms with E-state index in [9.17, 15) is 9.59 Å². The van der Waals surface area contributed by atoms with Gasteiger partial charge in [-0.1, -0.05) is 11.3 Å². The van der Waals surface area contributed by atoms with E-state index in [-0.39, 0.29) is 17.7 Å². The van der Waals surface area contributed by atoms with E-state index < -0.39 is 0 Å². The van der Waals surface area contributed by atoms with Gasteiger partial charge in [-0.2, -0.15) is 5.10 Å². The summed E-state index contributed by atoms with van der Waals surface area (Å²) in [5, 5.41) is 7.43. The molecule has 4 rings (SSSR count). The van der Waals surface area contributed by atoms with Gasteiger partial charge in [0.05, 0.1) is 11.6 Å². The molecule has 1 atom stereocenters. The van der Waals surface area contributed by atoms with E-state index in [1.165, 1.54) is 28.9 Å². The number of hydrogen-bond donors (Lipinski definition) is 1. The second-order valence-electron chi connectivity index (χ2n) is 7.48. The molecule has 1 aliphatic heterocycles. The lowest BCUT2D eigenvalue weighted by Crippen LogP contribution is -2.41. The minimum atomic E-state index is -0.212. The second kappa shape index (κ2) is 8.76. The summed E-state index contributed by atoms with van der Waals surface area (Å²) in [6, 6.07) is 1.83. The number of aryl methyl sites for hydroxylation is 1. The van der Waals surface area contributed by atoms with Crippen molar-refractivity contribution in [2.24, 2.45) is 5.92 Å². The van der Waals surface area contributed by atoms with Crippen LogP contribution in [0.3, 0.4) is 0 Å². The van der Waals surface area contributed by atoms with Gasteiger partial charge in [-0.05, 0) is 19.8 Å². The van der Waals surface area contributed by atoms with Crippen LogP contribution >= 0.6 is 11.3 Å². The van der Waals surface area contributed by atoms with Crippen molar-refractivity contribution < 1.29 is 9.59 Å². The molecule has 162 valence electrons. The number of nitrogens with zero attached hydrogens (tertiary/aromatic N) is 8. The summed E-state index contributed by atoms with van der Waals surface area (Å²) in [7, 11) is 3.38. The van der Waals surface area contributed by atoms with Crippen LogP contribution in [0.2, 0.25) is 0 Å². The smallest absolute Gasteiger partial charge is 0.265 e. The van der Waals surface area contributed by atoms with Crippen LogP contribution in [0.5, 0.6) is 0 Å². The number of carbonyl (C=O) groups excluding carboxylic acids is 2. The van der Waals surface area contributed by atoms with Crippen molar-refractivity contribution >= 4 is 34.1 Å². The zero-order chi connectivity index (χ0) is 22.0. The highest BCUT2D eigenvalue weighted by Crippen LogP contribution is 2.27. The minimum absolute atomic E-state index is 0.104. The molecule has 0 saturated carbocycles. The molecule has 1 unspecified atom stereocenters. The Morgan fingerprint density at radius 2 is 2.03 bits per heavy atom.